The molecular formula is C12H22ClN3O3S. The molecule has 0 aromatic carbocycles. The van der Waals surface area contributed by atoms with E-state index in [2.05, 4.69) is 15.5 Å². The molecule has 3 atom stereocenters. The minimum Gasteiger partial charge on any atom is -0.350 e. The third kappa shape index (κ3) is 4.31. The maximum atomic E-state index is 12.0. The van der Waals surface area contributed by atoms with Crippen LogP contribution < -0.4 is 10.6 Å². The Morgan fingerprint density at radius 1 is 1.40 bits per heavy atom. The summed E-state index contributed by atoms with van der Waals surface area (Å²) in [6, 6.07) is -0.0387. The Kier molecular flexibility index (Phi) is 5.28. The fourth-order valence-corrected chi connectivity index (χ4v) is 5.38. The molecule has 2 heterocycles. The van der Waals surface area contributed by atoms with E-state index in [0.29, 0.717) is 12.6 Å². The van der Waals surface area contributed by atoms with Crippen LogP contribution in [-0.2, 0) is 14.6 Å². The third-order valence-electron chi connectivity index (χ3n) is 3.91. The molecule has 2 N–H and O–H groups in total. The summed E-state index contributed by atoms with van der Waals surface area (Å²) in [6.45, 7) is 2.05. The zero-order chi connectivity index (χ0) is 14.8. The van der Waals surface area contributed by atoms with Crippen LogP contribution in [-0.4, -0.2) is 74.9 Å². The first-order valence-corrected chi connectivity index (χ1v) is 9.19. The number of carbonyl (C=O) groups excluding carboxylic acids is 1. The van der Waals surface area contributed by atoms with Gasteiger partial charge in [0.1, 0.15) is 0 Å². The van der Waals surface area contributed by atoms with Gasteiger partial charge in [-0.05, 0) is 26.4 Å². The van der Waals surface area contributed by atoms with E-state index in [1.165, 1.54) is 0 Å². The molecule has 6 nitrogen and oxygen atoms in total. The zero-order valence-corrected chi connectivity index (χ0v) is 13.2. The van der Waals surface area contributed by atoms with Crippen LogP contribution in [0.15, 0.2) is 0 Å². The van der Waals surface area contributed by atoms with E-state index in [1.807, 2.05) is 7.05 Å². The molecule has 0 radical (unpaired) electrons. The van der Waals surface area contributed by atoms with Gasteiger partial charge in [-0.1, -0.05) is 0 Å². The van der Waals surface area contributed by atoms with Gasteiger partial charge in [0.25, 0.3) is 0 Å². The topological polar surface area (TPSA) is 78.5 Å². The second-order valence-corrected chi connectivity index (χ2v) is 8.34. The Bertz CT molecular complexity index is 457. The van der Waals surface area contributed by atoms with Crippen molar-refractivity contribution in [3.63, 3.8) is 0 Å². The standard InChI is InChI=1S/C12H22ClN3O3S/c1-14-9-3-2-4-16(5-9)6-12(17)15-11-8-20(18,19)7-10(11)13/h9-11,14H,2-8H2,1H3,(H,15,17). The number of nitrogens with zero attached hydrogens (tertiary/aromatic N) is 1. The average molecular weight is 324 g/mol. The lowest BCUT2D eigenvalue weighted by Gasteiger charge is -2.32. The molecule has 3 unspecified atom stereocenters. The Balaban J connectivity index is 1.81. The van der Waals surface area contributed by atoms with Gasteiger partial charge in [0, 0.05) is 12.6 Å². The van der Waals surface area contributed by atoms with E-state index in [4.69, 9.17) is 11.6 Å². The van der Waals surface area contributed by atoms with Crippen LogP contribution in [0.3, 0.4) is 0 Å². The predicted molar refractivity (Wildman–Crippen MR) is 78.7 cm³/mol. The first-order chi connectivity index (χ1) is 9.39. The quantitative estimate of drug-likeness (QED) is 0.662. The highest BCUT2D eigenvalue weighted by Gasteiger charge is 2.37. The molecule has 0 spiro atoms. The molecule has 2 fully saturated rings. The van der Waals surface area contributed by atoms with Gasteiger partial charge in [-0.2, -0.15) is 0 Å². The molecular weight excluding hydrogens is 302 g/mol. The monoisotopic (exact) mass is 323 g/mol. The molecule has 0 saturated carbocycles. The Hall–Kier alpha value is -0.370. The number of halogens is 1. The Morgan fingerprint density at radius 2 is 2.15 bits per heavy atom. The predicted octanol–water partition coefficient (Wildman–Crippen LogP) is -0.809. The molecule has 2 aliphatic heterocycles. The summed E-state index contributed by atoms with van der Waals surface area (Å²) < 4.78 is 22.9. The molecule has 0 bridgehead atoms. The first-order valence-electron chi connectivity index (χ1n) is 6.93. The normalized spacial score (nSPS) is 34.0. The first kappa shape index (κ1) is 16.0. The fraction of sp³-hybridized carbons (Fsp3) is 0.917. The number of carbonyl (C=O) groups is 1. The third-order valence-corrected chi connectivity index (χ3v) is 6.29. The molecule has 2 aliphatic rings. The van der Waals surface area contributed by atoms with Crippen LogP contribution in [0.1, 0.15) is 12.8 Å². The Labute approximate surface area is 125 Å². The smallest absolute Gasteiger partial charge is 0.234 e. The number of rotatable bonds is 4. The molecule has 0 aromatic rings. The summed E-state index contributed by atoms with van der Waals surface area (Å²) in [6.07, 6.45) is 2.19. The molecule has 8 heteroatoms. The minimum absolute atomic E-state index is 0.0496. The van der Waals surface area contributed by atoms with Gasteiger partial charge in [0.2, 0.25) is 5.91 Å². The maximum Gasteiger partial charge on any atom is 0.234 e. The van der Waals surface area contributed by atoms with Crippen molar-refractivity contribution in [3.8, 4) is 0 Å². The molecule has 1 amide bonds. The molecule has 0 aromatic heterocycles. The van der Waals surface area contributed by atoms with Crippen molar-refractivity contribution in [1.82, 2.24) is 15.5 Å². The second-order valence-electron chi connectivity index (χ2n) is 5.63. The number of sulfone groups is 1. The van der Waals surface area contributed by atoms with E-state index in [0.717, 1.165) is 25.9 Å². The molecule has 116 valence electrons. The van der Waals surface area contributed by atoms with E-state index in [1.54, 1.807) is 0 Å². The van der Waals surface area contributed by atoms with E-state index in [-0.39, 0.29) is 17.4 Å². The number of nitrogens with one attached hydrogen (secondary N) is 2. The van der Waals surface area contributed by atoms with Crippen LogP contribution in [0.5, 0.6) is 0 Å². The summed E-state index contributed by atoms with van der Waals surface area (Å²) >= 11 is 5.98. The van der Waals surface area contributed by atoms with Gasteiger partial charge < -0.3 is 10.6 Å². The lowest BCUT2D eigenvalue weighted by Crippen LogP contribution is -2.50. The molecule has 2 rings (SSSR count). The average Bonchev–Trinajstić information content (AvgIpc) is 2.62. The molecule has 20 heavy (non-hydrogen) atoms. The van der Waals surface area contributed by atoms with E-state index in [9.17, 15) is 13.2 Å². The number of alkyl halides is 1. The molecule has 0 aliphatic carbocycles. The Morgan fingerprint density at radius 3 is 2.75 bits per heavy atom. The van der Waals surface area contributed by atoms with Crippen molar-refractivity contribution < 1.29 is 13.2 Å². The number of amides is 1. The van der Waals surface area contributed by atoms with Crippen molar-refractivity contribution in [2.45, 2.75) is 30.3 Å². The number of piperidine rings is 1. The van der Waals surface area contributed by atoms with Gasteiger partial charge in [-0.15, -0.1) is 11.6 Å². The number of hydrogen-bond acceptors (Lipinski definition) is 5. The van der Waals surface area contributed by atoms with Crippen molar-refractivity contribution in [2.24, 2.45) is 0 Å². The van der Waals surface area contributed by atoms with Gasteiger partial charge in [-0.25, -0.2) is 8.42 Å². The summed E-state index contributed by atoms with van der Waals surface area (Å²) in [5.41, 5.74) is 0. The summed E-state index contributed by atoms with van der Waals surface area (Å²) in [5.74, 6) is -0.244. The number of likely N-dealkylation sites (N-methyl/N-ethyl adjacent to an activating group) is 1. The van der Waals surface area contributed by atoms with Gasteiger partial charge in [0.05, 0.1) is 29.5 Å². The van der Waals surface area contributed by atoms with Gasteiger partial charge >= 0.3 is 0 Å². The lowest BCUT2D eigenvalue weighted by molar-refractivity contribution is -0.123. The number of likely N-dealkylation sites (tertiary alicyclic amines) is 1. The van der Waals surface area contributed by atoms with Crippen molar-refractivity contribution in [3.05, 3.63) is 0 Å². The molecule has 2 saturated heterocycles. The highest BCUT2D eigenvalue weighted by atomic mass is 35.5. The summed E-state index contributed by atoms with van der Waals surface area (Å²) in [7, 11) is -1.18. The van der Waals surface area contributed by atoms with E-state index >= 15 is 0 Å². The van der Waals surface area contributed by atoms with Crippen LogP contribution in [0.4, 0.5) is 0 Å². The van der Waals surface area contributed by atoms with Gasteiger partial charge in [0.15, 0.2) is 9.84 Å². The van der Waals surface area contributed by atoms with Crippen molar-refractivity contribution >= 4 is 27.3 Å². The van der Waals surface area contributed by atoms with Crippen molar-refractivity contribution in [2.75, 3.05) is 38.2 Å². The van der Waals surface area contributed by atoms with Gasteiger partial charge in [-0.3, -0.25) is 9.69 Å². The zero-order valence-electron chi connectivity index (χ0n) is 11.6. The maximum absolute atomic E-state index is 12.0. The second kappa shape index (κ2) is 6.60. The summed E-state index contributed by atoms with van der Waals surface area (Å²) in [5, 5.41) is 5.46. The largest absolute Gasteiger partial charge is 0.350 e. The number of hydrogen-bond donors (Lipinski definition) is 2. The van der Waals surface area contributed by atoms with Crippen LogP contribution in [0.25, 0.3) is 0 Å². The summed E-state index contributed by atoms with van der Waals surface area (Å²) in [4.78, 5) is 14.1. The van der Waals surface area contributed by atoms with Crippen molar-refractivity contribution in [1.29, 1.82) is 0 Å². The van der Waals surface area contributed by atoms with E-state index < -0.39 is 21.3 Å². The SMILES string of the molecule is CNC1CCCN(CC(=O)NC2CS(=O)(=O)CC2Cl)C1. The highest BCUT2D eigenvalue weighted by Crippen LogP contribution is 2.18. The van der Waals surface area contributed by atoms with Crippen LogP contribution in [0, 0.1) is 0 Å². The fourth-order valence-electron chi connectivity index (χ4n) is 2.83. The van der Waals surface area contributed by atoms with Crippen LogP contribution in [0.2, 0.25) is 0 Å². The minimum atomic E-state index is -3.11. The lowest BCUT2D eigenvalue weighted by atomic mass is 10.1. The van der Waals surface area contributed by atoms with Crippen LogP contribution >= 0.6 is 11.6 Å². The highest BCUT2D eigenvalue weighted by molar-refractivity contribution is 7.91.